The van der Waals surface area contributed by atoms with E-state index in [4.69, 9.17) is 26.1 Å². The molecule has 370 valence electrons. The zero-order valence-corrected chi connectivity index (χ0v) is 42.0. The number of hydrogen-bond acceptors (Lipinski definition) is 15. The number of nitrogens with one attached hydrogen (secondary N) is 6. The molecule has 6 N–H and O–H groups in total. The fourth-order valence-electron chi connectivity index (χ4n) is 12.4. The molecule has 7 fully saturated rings. The van der Waals surface area contributed by atoms with Gasteiger partial charge in [0.25, 0.3) is 0 Å². The highest BCUT2D eigenvalue weighted by Gasteiger charge is 2.53. The average Bonchev–Trinajstić information content (AvgIpc) is 4.08. The van der Waals surface area contributed by atoms with Crippen LogP contribution in [0.15, 0.2) is 47.5 Å². The summed E-state index contributed by atoms with van der Waals surface area (Å²) in [5.41, 5.74) is 11.3. The lowest BCUT2D eigenvalue weighted by atomic mass is 9.84. The number of nitrogens with zero attached hydrogens (tertiary/aromatic N) is 6. The van der Waals surface area contributed by atoms with Crippen molar-refractivity contribution in [1.82, 2.24) is 46.4 Å². The second-order valence-electron chi connectivity index (χ2n) is 20.8. The second kappa shape index (κ2) is 22.2. The summed E-state index contributed by atoms with van der Waals surface area (Å²) in [5.74, 6) is 1.65. The van der Waals surface area contributed by atoms with Gasteiger partial charge in [0, 0.05) is 106 Å². The summed E-state index contributed by atoms with van der Waals surface area (Å²) in [6.45, 7) is 16.2. The number of hydrogen-bond donors (Lipinski definition) is 6. The van der Waals surface area contributed by atoms with Crippen LogP contribution in [0.2, 0.25) is 5.02 Å². The molecule has 17 heteroatoms. The van der Waals surface area contributed by atoms with Crippen molar-refractivity contribution in [1.29, 1.82) is 5.26 Å². The van der Waals surface area contributed by atoms with Gasteiger partial charge >= 0.3 is 0 Å². The summed E-state index contributed by atoms with van der Waals surface area (Å²) in [5, 5.41) is 25.1. The average molecular weight is 972 g/mol. The molecule has 10 rings (SSSR count). The molecular weight excluding hydrogens is 896 g/mol. The summed E-state index contributed by atoms with van der Waals surface area (Å²) in [6.07, 6.45) is 11.3. The van der Waals surface area contributed by atoms with Crippen LogP contribution >= 0.6 is 23.4 Å². The van der Waals surface area contributed by atoms with Gasteiger partial charge in [-0.15, -0.1) is 11.8 Å². The van der Waals surface area contributed by atoms with Crippen LogP contribution in [0.25, 0.3) is 0 Å². The molecule has 2 aromatic carbocycles. The number of halogens is 1. The van der Waals surface area contributed by atoms with Gasteiger partial charge in [-0.05, 0) is 81.2 Å². The van der Waals surface area contributed by atoms with Gasteiger partial charge < -0.3 is 20.1 Å². The van der Waals surface area contributed by atoms with Crippen LogP contribution < -0.4 is 36.9 Å². The second-order valence-corrected chi connectivity index (χ2v) is 22.7. The molecule has 2 saturated carbocycles. The Morgan fingerprint density at radius 1 is 0.985 bits per heavy atom. The number of piperazine rings is 1. The first-order valence-electron chi connectivity index (χ1n) is 26.0. The van der Waals surface area contributed by atoms with E-state index in [1.807, 2.05) is 6.07 Å². The van der Waals surface area contributed by atoms with Crippen LogP contribution in [0.4, 0.5) is 5.69 Å². The lowest BCUT2D eigenvalue weighted by Gasteiger charge is -2.51. The fourth-order valence-corrected chi connectivity index (χ4v) is 14.5. The molecule has 0 bridgehead atoms. The number of benzene rings is 2. The van der Waals surface area contributed by atoms with E-state index in [0.29, 0.717) is 51.4 Å². The summed E-state index contributed by atoms with van der Waals surface area (Å²) >= 11 is 8.36. The molecule has 0 spiro atoms. The molecule has 6 heterocycles. The lowest BCUT2D eigenvalue weighted by Crippen LogP contribution is -2.69. The van der Waals surface area contributed by atoms with Gasteiger partial charge in [0.1, 0.15) is 24.3 Å². The molecule has 0 radical (unpaired) electrons. The van der Waals surface area contributed by atoms with Crippen molar-refractivity contribution in [3.05, 3.63) is 58.6 Å². The van der Waals surface area contributed by atoms with Crippen LogP contribution in [0.3, 0.4) is 0 Å². The number of ether oxygens (including phenoxy) is 2. The first-order valence-corrected chi connectivity index (χ1v) is 27.3. The Kier molecular flexibility index (Phi) is 15.8. The lowest BCUT2D eigenvalue weighted by molar-refractivity contribution is -0.132. The Hall–Kier alpha value is -3.05. The maximum Gasteiger partial charge on any atom is 0.225 e. The van der Waals surface area contributed by atoms with E-state index in [9.17, 15) is 10.1 Å². The van der Waals surface area contributed by atoms with Gasteiger partial charge in [-0.1, -0.05) is 56.8 Å². The number of thioether (sulfide) groups is 1. The van der Waals surface area contributed by atoms with Crippen LogP contribution in [0, 0.1) is 29.1 Å². The van der Waals surface area contributed by atoms with Crippen molar-refractivity contribution in [2.24, 2.45) is 22.7 Å². The number of nitriles is 1. The zero-order chi connectivity index (χ0) is 46.7. The van der Waals surface area contributed by atoms with Crippen LogP contribution in [-0.2, 0) is 9.53 Å². The predicted molar refractivity (Wildman–Crippen MR) is 270 cm³/mol. The van der Waals surface area contributed by atoms with Crippen molar-refractivity contribution >= 4 is 40.7 Å². The van der Waals surface area contributed by atoms with Crippen molar-refractivity contribution < 1.29 is 14.3 Å². The third-order valence-corrected chi connectivity index (χ3v) is 18.5. The summed E-state index contributed by atoms with van der Waals surface area (Å²) in [4.78, 5) is 30.1. The Bertz CT molecular complexity index is 2090. The zero-order valence-electron chi connectivity index (χ0n) is 40.4. The standard InChI is InChI=1S/C51H75ClN12O3S/c1-32-33(2)68-50-46(32)47(58-44(28-45-55-20-26-66-45)48-60-59-34(3)64(48)50)35-9-12-38(13-10-35)54-19-21-61-22-24-62(25-23-61)51-56-30-37(31-63(51)40-7-5-4-6-8-40)49(65)57-39-14-17-41(18-15-39)67-42-16-11-36(29-53)43(52)27-42/h9-13,16,27,32-34,37,39-41,44-46,48,50-51,54-56,59-60H,4-8,14-15,17-26,28,30-31H2,1-3H3,(H,57,65). The van der Waals surface area contributed by atoms with E-state index < -0.39 is 0 Å². The number of carbonyl (C=O) groups excluding carboxylic acids is 1. The number of rotatable bonds is 13. The molecule has 0 aromatic heterocycles. The van der Waals surface area contributed by atoms with Gasteiger partial charge in [0.15, 0.2) is 0 Å². The molecule has 8 aliphatic rings. The molecule has 2 aromatic rings. The monoisotopic (exact) mass is 971 g/mol. The number of fused-ring (bicyclic) bond motifs is 3. The first kappa shape index (κ1) is 48.6. The highest BCUT2D eigenvalue weighted by atomic mass is 35.5. The fraction of sp³-hybridized carbons (Fsp3) is 0.706. The van der Waals surface area contributed by atoms with Crippen molar-refractivity contribution in [2.45, 2.75) is 145 Å². The maximum atomic E-state index is 13.9. The third-order valence-electron chi connectivity index (χ3n) is 16.5. The Balaban J connectivity index is 0.703. The van der Waals surface area contributed by atoms with Gasteiger partial charge in [-0.3, -0.25) is 40.0 Å². The molecule has 15 nitrogen and oxygen atoms in total. The summed E-state index contributed by atoms with van der Waals surface area (Å²) in [6, 6.07) is 17.2. The quantitative estimate of drug-likeness (QED) is 0.156. The topological polar surface area (TPSA) is 157 Å². The van der Waals surface area contributed by atoms with E-state index in [-0.39, 0.29) is 54.9 Å². The highest BCUT2D eigenvalue weighted by molar-refractivity contribution is 8.00. The number of aliphatic imine (C=N–C) groups is 1. The number of amides is 1. The Morgan fingerprint density at radius 2 is 1.78 bits per heavy atom. The number of hydrazine groups is 1. The largest absolute Gasteiger partial charge is 0.490 e. The van der Waals surface area contributed by atoms with Crippen molar-refractivity contribution in [3.63, 3.8) is 0 Å². The molecule has 10 unspecified atom stereocenters. The molecule has 5 saturated heterocycles. The van der Waals surface area contributed by atoms with E-state index in [1.54, 1.807) is 12.1 Å². The van der Waals surface area contributed by atoms with Crippen LogP contribution in [-0.4, -0.2) is 156 Å². The first-order chi connectivity index (χ1) is 33.2. The van der Waals surface area contributed by atoms with Gasteiger partial charge in [0.2, 0.25) is 5.91 Å². The van der Waals surface area contributed by atoms with Crippen LogP contribution in [0.5, 0.6) is 5.75 Å². The molecular formula is C51H75ClN12O3S. The maximum absolute atomic E-state index is 13.9. The van der Waals surface area contributed by atoms with E-state index >= 15 is 0 Å². The summed E-state index contributed by atoms with van der Waals surface area (Å²) < 4.78 is 12.3. The number of carbonyl (C=O) groups is 1. The van der Waals surface area contributed by atoms with E-state index in [1.165, 1.54) is 43.4 Å². The SMILES string of the molecule is CC1SC2C(C(c3ccc(NCCN4CCN(C5NCC(C(=O)NC6CCC(Oc7ccc(C#N)c(Cl)c7)CC6)CN5C5CCCCC5)CC4)cc3)=NC(CC3NCCO3)C3NNC(C)N32)C1C. The number of anilines is 1. The molecule has 10 atom stereocenters. The predicted octanol–water partition coefficient (Wildman–Crippen LogP) is 5.19. The molecule has 2 aliphatic carbocycles. The molecule has 68 heavy (non-hydrogen) atoms. The van der Waals surface area contributed by atoms with E-state index in [0.717, 1.165) is 96.8 Å². The van der Waals surface area contributed by atoms with Gasteiger partial charge in [0.05, 0.1) is 53.0 Å². The van der Waals surface area contributed by atoms with E-state index in [2.05, 4.69) is 115 Å². The van der Waals surface area contributed by atoms with Gasteiger partial charge in [-0.25, -0.2) is 10.9 Å². The van der Waals surface area contributed by atoms with Gasteiger partial charge in [-0.2, -0.15) is 5.26 Å². The summed E-state index contributed by atoms with van der Waals surface area (Å²) in [7, 11) is 0. The molecule has 6 aliphatic heterocycles. The third kappa shape index (κ3) is 10.9. The minimum Gasteiger partial charge on any atom is -0.490 e. The van der Waals surface area contributed by atoms with Crippen molar-refractivity contribution in [3.8, 4) is 11.8 Å². The molecule has 1 amide bonds. The highest BCUT2D eigenvalue weighted by Crippen LogP contribution is 2.49. The normalized spacial score (nSPS) is 35.5. The Labute approximate surface area is 413 Å². The smallest absolute Gasteiger partial charge is 0.225 e. The Morgan fingerprint density at radius 3 is 2.51 bits per heavy atom. The van der Waals surface area contributed by atoms with Crippen molar-refractivity contribution in [2.75, 3.05) is 70.8 Å². The van der Waals surface area contributed by atoms with Crippen LogP contribution in [0.1, 0.15) is 96.1 Å². The minimum atomic E-state index is -0.0714. The minimum absolute atomic E-state index is 0.0310.